The van der Waals surface area contributed by atoms with Gasteiger partial charge in [0.2, 0.25) is 0 Å². The third kappa shape index (κ3) is 2.75. The lowest BCUT2D eigenvalue weighted by Gasteiger charge is -2.32. The van der Waals surface area contributed by atoms with Crippen LogP contribution in [0.5, 0.6) is 0 Å². The second-order valence-corrected chi connectivity index (χ2v) is 5.69. The van der Waals surface area contributed by atoms with Crippen LogP contribution in [0.25, 0.3) is 0 Å². The van der Waals surface area contributed by atoms with Gasteiger partial charge in [-0.05, 0) is 33.6 Å². The molecular formula is C12H22N2O4. The molecule has 0 bridgehead atoms. The largest absolute Gasteiger partial charge is 0.480 e. The summed E-state index contributed by atoms with van der Waals surface area (Å²) < 4.78 is 5.27. The maximum atomic E-state index is 12.0. The van der Waals surface area contributed by atoms with E-state index in [9.17, 15) is 14.7 Å². The lowest BCUT2D eigenvalue weighted by Crippen LogP contribution is -2.58. The molecule has 1 saturated heterocycles. The molecule has 1 aliphatic rings. The molecule has 0 spiro atoms. The van der Waals surface area contributed by atoms with Crippen molar-refractivity contribution in [3.05, 3.63) is 0 Å². The van der Waals surface area contributed by atoms with E-state index in [-0.39, 0.29) is 6.42 Å². The molecule has 0 aliphatic carbocycles. The van der Waals surface area contributed by atoms with Crippen molar-refractivity contribution in [2.24, 2.45) is 5.73 Å². The number of nitrogens with zero attached hydrogens (tertiary/aromatic N) is 1. The van der Waals surface area contributed by atoms with Crippen LogP contribution in [0.15, 0.2) is 0 Å². The zero-order valence-corrected chi connectivity index (χ0v) is 11.4. The van der Waals surface area contributed by atoms with Gasteiger partial charge in [0.25, 0.3) is 0 Å². The first-order valence-corrected chi connectivity index (χ1v) is 6.13. The molecule has 1 aliphatic heterocycles. The number of ether oxygens (including phenoxy) is 1. The SMILES string of the molecule is CCC1N(C(=O)OC(C)(C)C)CCC1(N)C(=O)O. The van der Waals surface area contributed by atoms with Crippen LogP contribution in [-0.4, -0.2) is 45.8 Å². The number of carboxylic acids is 1. The Labute approximate surface area is 107 Å². The summed E-state index contributed by atoms with van der Waals surface area (Å²) in [5.41, 5.74) is 3.93. The van der Waals surface area contributed by atoms with E-state index < -0.39 is 29.2 Å². The van der Waals surface area contributed by atoms with E-state index in [4.69, 9.17) is 10.5 Å². The van der Waals surface area contributed by atoms with Gasteiger partial charge in [0, 0.05) is 6.54 Å². The van der Waals surface area contributed by atoms with E-state index in [2.05, 4.69) is 0 Å². The predicted molar refractivity (Wildman–Crippen MR) is 66.2 cm³/mol. The van der Waals surface area contributed by atoms with Gasteiger partial charge in [-0.3, -0.25) is 4.79 Å². The average molecular weight is 258 g/mol. The number of rotatable bonds is 2. The van der Waals surface area contributed by atoms with Gasteiger partial charge in [-0.25, -0.2) is 4.79 Å². The summed E-state index contributed by atoms with van der Waals surface area (Å²) in [6.07, 6.45) is 0.241. The Bertz CT molecular complexity index is 350. The second-order valence-electron chi connectivity index (χ2n) is 5.69. The van der Waals surface area contributed by atoms with E-state index >= 15 is 0 Å². The lowest BCUT2D eigenvalue weighted by atomic mass is 9.90. The quantitative estimate of drug-likeness (QED) is 0.776. The van der Waals surface area contributed by atoms with E-state index in [0.717, 1.165) is 0 Å². The first-order valence-electron chi connectivity index (χ1n) is 6.13. The number of carboxylic acid groups (broad SMARTS) is 1. The fourth-order valence-corrected chi connectivity index (χ4v) is 2.28. The summed E-state index contributed by atoms with van der Waals surface area (Å²) in [7, 11) is 0. The molecule has 6 nitrogen and oxygen atoms in total. The Kier molecular flexibility index (Phi) is 3.90. The number of aliphatic carboxylic acids is 1. The molecule has 104 valence electrons. The molecule has 0 aromatic carbocycles. The standard InChI is InChI=1S/C12H22N2O4/c1-5-8-12(13,9(15)16)6-7-14(8)10(17)18-11(2,3)4/h8H,5-7,13H2,1-4H3,(H,15,16). The van der Waals surface area contributed by atoms with Gasteiger partial charge in [-0.1, -0.05) is 6.92 Å². The average Bonchev–Trinajstić information content (AvgIpc) is 2.54. The van der Waals surface area contributed by atoms with Gasteiger partial charge < -0.3 is 20.5 Å². The molecule has 0 radical (unpaired) electrons. The van der Waals surface area contributed by atoms with Gasteiger partial charge >= 0.3 is 12.1 Å². The van der Waals surface area contributed by atoms with Crippen molar-refractivity contribution < 1.29 is 19.4 Å². The minimum atomic E-state index is -1.37. The Morgan fingerprint density at radius 2 is 2.06 bits per heavy atom. The molecule has 1 amide bonds. The van der Waals surface area contributed by atoms with Crippen molar-refractivity contribution in [1.82, 2.24) is 4.90 Å². The van der Waals surface area contributed by atoms with E-state index in [1.54, 1.807) is 20.8 Å². The van der Waals surface area contributed by atoms with Crippen molar-refractivity contribution in [1.29, 1.82) is 0 Å². The topological polar surface area (TPSA) is 92.9 Å². The third-order valence-corrected chi connectivity index (χ3v) is 3.15. The Morgan fingerprint density at radius 1 is 1.50 bits per heavy atom. The molecule has 18 heavy (non-hydrogen) atoms. The minimum absolute atomic E-state index is 0.250. The normalized spacial score (nSPS) is 28.3. The van der Waals surface area contributed by atoms with Crippen LogP contribution in [0.4, 0.5) is 4.79 Å². The lowest BCUT2D eigenvalue weighted by molar-refractivity contribution is -0.144. The zero-order chi connectivity index (χ0) is 14.1. The predicted octanol–water partition coefficient (Wildman–Crippen LogP) is 1.19. The summed E-state index contributed by atoms with van der Waals surface area (Å²) in [6, 6.07) is -0.523. The summed E-state index contributed by atoms with van der Waals surface area (Å²) >= 11 is 0. The van der Waals surface area contributed by atoms with Crippen LogP contribution in [0.3, 0.4) is 0 Å². The molecule has 6 heteroatoms. The summed E-state index contributed by atoms with van der Waals surface area (Å²) in [5.74, 6) is -1.07. The number of hydrogen-bond acceptors (Lipinski definition) is 4. The molecule has 2 atom stereocenters. The van der Waals surface area contributed by atoms with E-state index in [0.29, 0.717) is 13.0 Å². The highest BCUT2D eigenvalue weighted by Crippen LogP contribution is 2.30. The molecule has 2 unspecified atom stereocenters. The Balaban J connectivity index is 2.87. The molecule has 0 aromatic rings. The van der Waals surface area contributed by atoms with Gasteiger partial charge in [-0.2, -0.15) is 0 Å². The molecule has 1 fully saturated rings. The highest BCUT2D eigenvalue weighted by molar-refractivity contribution is 5.82. The maximum Gasteiger partial charge on any atom is 0.410 e. The van der Waals surface area contributed by atoms with Crippen molar-refractivity contribution in [2.45, 2.75) is 57.7 Å². The van der Waals surface area contributed by atoms with Crippen LogP contribution in [0.2, 0.25) is 0 Å². The summed E-state index contributed by atoms with van der Waals surface area (Å²) in [6.45, 7) is 7.45. The fourth-order valence-electron chi connectivity index (χ4n) is 2.28. The van der Waals surface area contributed by atoms with Crippen LogP contribution < -0.4 is 5.73 Å². The molecule has 1 heterocycles. The maximum absolute atomic E-state index is 12.0. The van der Waals surface area contributed by atoms with Crippen molar-refractivity contribution in [3.63, 3.8) is 0 Å². The first-order chi connectivity index (χ1) is 8.12. The molecule has 1 rings (SSSR count). The van der Waals surface area contributed by atoms with E-state index in [1.165, 1.54) is 4.90 Å². The number of nitrogens with two attached hydrogens (primary N) is 1. The third-order valence-electron chi connectivity index (χ3n) is 3.15. The van der Waals surface area contributed by atoms with E-state index in [1.807, 2.05) is 6.92 Å². The molecule has 0 saturated carbocycles. The van der Waals surface area contributed by atoms with Crippen LogP contribution in [-0.2, 0) is 9.53 Å². The number of amides is 1. The van der Waals surface area contributed by atoms with Crippen LogP contribution in [0.1, 0.15) is 40.5 Å². The van der Waals surface area contributed by atoms with Crippen molar-refractivity contribution in [2.75, 3.05) is 6.54 Å². The summed E-state index contributed by atoms with van der Waals surface area (Å²) in [5, 5.41) is 9.20. The minimum Gasteiger partial charge on any atom is -0.480 e. The zero-order valence-electron chi connectivity index (χ0n) is 11.4. The fraction of sp³-hybridized carbons (Fsp3) is 0.833. The highest BCUT2D eigenvalue weighted by Gasteiger charge is 2.51. The first kappa shape index (κ1) is 14.8. The number of hydrogen-bond donors (Lipinski definition) is 2. The van der Waals surface area contributed by atoms with Crippen molar-refractivity contribution in [3.8, 4) is 0 Å². The van der Waals surface area contributed by atoms with Crippen LogP contribution >= 0.6 is 0 Å². The Hall–Kier alpha value is -1.30. The second kappa shape index (κ2) is 4.76. The van der Waals surface area contributed by atoms with Crippen molar-refractivity contribution >= 4 is 12.1 Å². The highest BCUT2D eigenvalue weighted by atomic mass is 16.6. The Morgan fingerprint density at radius 3 is 2.44 bits per heavy atom. The smallest absolute Gasteiger partial charge is 0.410 e. The van der Waals surface area contributed by atoms with Gasteiger partial charge in [-0.15, -0.1) is 0 Å². The number of carbonyl (C=O) groups excluding carboxylic acids is 1. The van der Waals surface area contributed by atoms with Gasteiger partial charge in [0.05, 0.1) is 6.04 Å². The van der Waals surface area contributed by atoms with Crippen LogP contribution in [0, 0.1) is 0 Å². The molecule has 3 N–H and O–H groups in total. The molecular weight excluding hydrogens is 236 g/mol. The monoisotopic (exact) mass is 258 g/mol. The number of likely N-dealkylation sites (tertiary alicyclic amines) is 1. The molecule has 0 aromatic heterocycles. The van der Waals surface area contributed by atoms with Gasteiger partial charge in [0.1, 0.15) is 11.1 Å². The number of carbonyl (C=O) groups is 2. The van der Waals surface area contributed by atoms with Gasteiger partial charge in [0.15, 0.2) is 0 Å². The summed E-state index contributed by atoms with van der Waals surface area (Å²) in [4.78, 5) is 24.7.